The molecule has 2 aromatic heterocycles. The largest absolute Gasteiger partial charge is 0.345 e. The van der Waals surface area contributed by atoms with Crippen LogP contribution >= 0.6 is 27.3 Å². The number of aryl methyl sites for hydroxylation is 2. The van der Waals surface area contributed by atoms with E-state index < -0.39 is 0 Å². The van der Waals surface area contributed by atoms with Crippen LogP contribution in [0.3, 0.4) is 0 Å². The lowest BCUT2D eigenvalue weighted by molar-refractivity contribution is 0.101. The summed E-state index contributed by atoms with van der Waals surface area (Å²) in [6, 6.07) is 1.77. The highest BCUT2D eigenvalue weighted by Gasteiger charge is 2.12. The zero-order chi connectivity index (χ0) is 11.7. The molecule has 0 radical (unpaired) electrons. The molecular formula is C10H10BrN3OS. The summed E-state index contributed by atoms with van der Waals surface area (Å²) in [4.78, 5) is 17.0. The van der Waals surface area contributed by atoms with Gasteiger partial charge in [0.25, 0.3) is 5.91 Å². The molecule has 1 amide bonds. The SMILES string of the molecule is Cc1cnc(NC(=O)c2cc(Br)cn2C)s1. The van der Waals surface area contributed by atoms with Crippen molar-refractivity contribution < 1.29 is 4.79 Å². The number of amides is 1. The van der Waals surface area contributed by atoms with E-state index in [1.807, 2.05) is 20.2 Å². The Morgan fingerprint density at radius 3 is 2.88 bits per heavy atom. The summed E-state index contributed by atoms with van der Waals surface area (Å²) in [5.74, 6) is -0.150. The minimum atomic E-state index is -0.150. The fourth-order valence-corrected chi connectivity index (χ4v) is 2.51. The van der Waals surface area contributed by atoms with E-state index in [9.17, 15) is 4.79 Å². The summed E-state index contributed by atoms with van der Waals surface area (Å²) < 4.78 is 2.65. The highest BCUT2D eigenvalue weighted by atomic mass is 79.9. The van der Waals surface area contributed by atoms with Crippen LogP contribution in [-0.2, 0) is 7.05 Å². The molecule has 1 N–H and O–H groups in total. The molecule has 2 aromatic rings. The van der Waals surface area contributed by atoms with Crippen molar-refractivity contribution in [2.75, 3.05) is 5.32 Å². The monoisotopic (exact) mass is 299 g/mol. The quantitative estimate of drug-likeness (QED) is 0.927. The molecule has 0 aliphatic carbocycles. The van der Waals surface area contributed by atoms with Crippen molar-refractivity contribution in [1.82, 2.24) is 9.55 Å². The average Bonchev–Trinajstić information content (AvgIpc) is 2.73. The molecule has 2 heterocycles. The van der Waals surface area contributed by atoms with E-state index in [0.29, 0.717) is 10.8 Å². The zero-order valence-corrected chi connectivity index (χ0v) is 11.2. The molecule has 0 fully saturated rings. The van der Waals surface area contributed by atoms with E-state index in [4.69, 9.17) is 0 Å². The van der Waals surface area contributed by atoms with Gasteiger partial charge in [-0.05, 0) is 28.9 Å². The Kier molecular flexibility index (Phi) is 3.11. The summed E-state index contributed by atoms with van der Waals surface area (Å²) in [6.07, 6.45) is 3.57. The van der Waals surface area contributed by atoms with Crippen LogP contribution in [0.2, 0.25) is 0 Å². The van der Waals surface area contributed by atoms with Crippen LogP contribution in [0.15, 0.2) is 22.9 Å². The maximum Gasteiger partial charge on any atom is 0.274 e. The Bertz CT molecular complexity index is 532. The fraction of sp³-hybridized carbons (Fsp3) is 0.200. The van der Waals surface area contributed by atoms with E-state index in [1.54, 1.807) is 16.8 Å². The van der Waals surface area contributed by atoms with Gasteiger partial charge in [0.1, 0.15) is 5.69 Å². The Balaban J connectivity index is 2.17. The number of rotatable bonds is 2. The third-order valence-electron chi connectivity index (χ3n) is 2.05. The molecule has 0 aromatic carbocycles. The smallest absolute Gasteiger partial charge is 0.274 e. The van der Waals surface area contributed by atoms with Gasteiger partial charge in [0.05, 0.1) is 0 Å². The molecule has 0 aliphatic rings. The summed E-state index contributed by atoms with van der Waals surface area (Å²) in [6.45, 7) is 1.95. The Morgan fingerprint density at radius 1 is 1.62 bits per heavy atom. The van der Waals surface area contributed by atoms with Crippen LogP contribution in [0.5, 0.6) is 0 Å². The second-order valence-corrected chi connectivity index (χ2v) is 5.54. The zero-order valence-electron chi connectivity index (χ0n) is 8.82. The molecule has 0 saturated heterocycles. The number of anilines is 1. The van der Waals surface area contributed by atoms with Crippen molar-refractivity contribution in [3.8, 4) is 0 Å². The van der Waals surface area contributed by atoms with E-state index in [0.717, 1.165) is 9.35 Å². The topological polar surface area (TPSA) is 46.9 Å². The number of carbonyl (C=O) groups is 1. The van der Waals surface area contributed by atoms with Gasteiger partial charge in [0, 0.05) is 28.8 Å². The molecule has 4 nitrogen and oxygen atoms in total. The van der Waals surface area contributed by atoms with Crippen molar-refractivity contribution in [3.63, 3.8) is 0 Å². The molecule has 0 spiro atoms. The van der Waals surface area contributed by atoms with Crippen LogP contribution in [0.25, 0.3) is 0 Å². The van der Waals surface area contributed by atoms with Crippen molar-refractivity contribution >= 4 is 38.3 Å². The van der Waals surface area contributed by atoms with E-state index in [2.05, 4.69) is 26.2 Å². The van der Waals surface area contributed by atoms with E-state index in [1.165, 1.54) is 11.3 Å². The summed E-state index contributed by atoms with van der Waals surface area (Å²) in [5.41, 5.74) is 0.597. The van der Waals surface area contributed by atoms with E-state index >= 15 is 0 Å². The van der Waals surface area contributed by atoms with Gasteiger partial charge in [-0.3, -0.25) is 10.1 Å². The number of halogens is 1. The highest BCUT2D eigenvalue weighted by Crippen LogP contribution is 2.19. The van der Waals surface area contributed by atoms with Crippen molar-refractivity contribution in [1.29, 1.82) is 0 Å². The van der Waals surface area contributed by atoms with Gasteiger partial charge in [-0.25, -0.2) is 4.98 Å². The third-order valence-corrected chi connectivity index (χ3v) is 3.31. The molecule has 0 aliphatic heterocycles. The molecule has 0 atom stereocenters. The Labute approximate surface area is 105 Å². The van der Waals surface area contributed by atoms with Crippen LogP contribution < -0.4 is 5.32 Å². The molecule has 0 unspecified atom stereocenters. The number of nitrogens with one attached hydrogen (secondary N) is 1. The van der Waals surface area contributed by atoms with Gasteiger partial charge in [0.15, 0.2) is 5.13 Å². The summed E-state index contributed by atoms with van der Waals surface area (Å²) in [7, 11) is 1.83. The van der Waals surface area contributed by atoms with Gasteiger partial charge in [-0.15, -0.1) is 11.3 Å². The number of aromatic nitrogens is 2. The Morgan fingerprint density at radius 2 is 2.38 bits per heavy atom. The first-order chi connectivity index (χ1) is 7.56. The lowest BCUT2D eigenvalue weighted by Gasteiger charge is -2.02. The van der Waals surface area contributed by atoms with Gasteiger partial charge in [-0.2, -0.15) is 0 Å². The molecule has 0 bridgehead atoms. The van der Waals surface area contributed by atoms with Crippen LogP contribution in [-0.4, -0.2) is 15.5 Å². The molecule has 0 saturated carbocycles. The first kappa shape index (κ1) is 11.3. The minimum Gasteiger partial charge on any atom is -0.345 e. The number of hydrogen-bond donors (Lipinski definition) is 1. The second kappa shape index (κ2) is 4.39. The van der Waals surface area contributed by atoms with Gasteiger partial charge in [-0.1, -0.05) is 0 Å². The molecule has 2 rings (SSSR count). The Hall–Kier alpha value is -1.14. The number of thiazole rings is 1. The van der Waals surface area contributed by atoms with Crippen molar-refractivity contribution in [3.05, 3.63) is 33.5 Å². The first-order valence-electron chi connectivity index (χ1n) is 4.62. The second-order valence-electron chi connectivity index (χ2n) is 3.38. The molecule has 6 heteroatoms. The number of nitrogens with zero attached hydrogens (tertiary/aromatic N) is 2. The number of hydrogen-bond acceptors (Lipinski definition) is 3. The summed E-state index contributed by atoms with van der Waals surface area (Å²) >= 11 is 4.79. The standard InChI is InChI=1S/C10H10BrN3OS/c1-6-4-12-10(16-6)13-9(15)8-3-7(11)5-14(8)2/h3-5H,1-2H3,(H,12,13,15). The van der Waals surface area contributed by atoms with Crippen LogP contribution in [0.1, 0.15) is 15.4 Å². The lowest BCUT2D eigenvalue weighted by Crippen LogP contribution is -2.14. The normalized spacial score (nSPS) is 10.4. The first-order valence-corrected chi connectivity index (χ1v) is 6.23. The number of carbonyl (C=O) groups excluding carboxylic acids is 1. The predicted molar refractivity (Wildman–Crippen MR) is 67.9 cm³/mol. The van der Waals surface area contributed by atoms with Gasteiger partial charge in [0.2, 0.25) is 0 Å². The highest BCUT2D eigenvalue weighted by molar-refractivity contribution is 9.10. The van der Waals surface area contributed by atoms with Gasteiger partial charge >= 0.3 is 0 Å². The lowest BCUT2D eigenvalue weighted by atomic mass is 10.4. The maximum absolute atomic E-state index is 11.9. The average molecular weight is 300 g/mol. The summed E-state index contributed by atoms with van der Waals surface area (Å²) in [5, 5.41) is 3.38. The third kappa shape index (κ3) is 2.33. The predicted octanol–water partition coefficient (Wildman–Crippen LogP) is 2.80. The van der Waals surface area contributed by atoms with Crippen LogP contribution in [0.4, 0.5) is 5.13 Å². The maximum atomic E-state index is 11.9. The molecular weight excluding hydrogens is 290 g/mol. The van der Waals surface area contributed by atoms with Crippen LogP contribution in [0, 0.1) is 6.92 Å². The molecule has 84 valence electrons. The van der Waals surface area contributed by atoms with E-state index in [-0.39, 0.29) is 5.91 Å². The van der Waals surface area contributed by atoms with Gasteiger partial charge < -0.3 is 4.57 Å². The fourth-order valence-electron chi connectivity index (χ4n) is 1.32. The van der Waals surface area contributed by atoms with Crippen molar-refractivity contribution in [2.45, 2.75) is 6.92 Å². The minimum absolute atomic E-state index is 0.150. The molecule has 16 heavy (non-hydrogen) atoms. The van der Waals surface area contributed by atoms with Crippen molar-refractivity contribution in [2.24, 2.45) is 7.05 Å².